The highest BCUT2D eigenvalue weighted by atomic mass is 19.1. The van der Waals surface area contributed by atoms with E-state index in [-0.39, 0.29) is 5.82 Å². The maximum atomic E-state index is 14.4. The molecule has 1 heterocycles. The van der Waals surface area contributed by atoms with Crippen LogP contribution in [0.15, 0.2) is 66.2 Å². The molecule has 0 saturated heterocycles. The molecule has 1 aliphatic rings. The molecule has 1 aliphatic carbocycles. The van der Waals surface area contributed by atoms with Crippen molar-refractivity contribution in [1.82, 2.24) is 20.2 Å². The van der Waals surface area contributed by atoms with Crippen molar-refractivity contribution in [2.24, 2.45) is 10.9 Å². The predicted molar refractivity (Wildman–Crippen MR) is 115 cm³/mol. The Morgan fingerprint density at radius 2 is 2.03 bits per heavy atom. The van der Waals surface area contributed by atoms with Crippen LogP contribution in [0.1, 0.15) is 24.0 Å². The molecule has 30 heavy (non-hydrogen) atoms. The summed E-state index contributed by atoms with van der Waals surface area (Å²) in [4.78, 5) is 8.22. The van der Waals surface area contributed by atoms with Crippen molar-refractivity contribution in [3.8, 4) is 11.4 Å². The number of aliphatic imine (C=N–C) groups is 1. The van der Waals surface area contributed by atoms with Crippen molar-refractivity contribution in [3.05, 3.63) is 78.1 Å². The van der Waals surface area contributed by atoms with Gasteiger partial charge in [-0.3, -0.25) is 4.99 Å². The highest BCUT2D eigenvalue weighted by Crippen LogP contribution is 2.30. The van der Waals surface area contributed by atoms with Gasteiger partial charge in [0, 0.05) is 38.1 Å². The van der Waals surface area contributed by atoms with Gasteiger partial charge in [-0.2, -0.15) is 0 Å². The largest absolute Gasteiger partial charge is 0.493 e. The normalized spacial score (nSPS) is 13.9. The highest BCUT2D eigenvalue weighted by molar-refractivity contribution is 5.79. The van der Waals surface area contributed by atoms with E-state index in [9.17, 15) is 4.39 Å². The molecule has 0 aliphatic heterocycles. The lowest BCUT2D eigenvalue weighted by Gasteiger charge is -2.15. The summed E-state index contributed by atoms with van der Waals surface area (Å²) in [6.45, 7) is 1.83. The van der Waals surface area contributed by atoms with E-state index in [1.54, 1.807) is 36.4 Å². The van der Waals surface area contributed by atoms with Crippen LogP contribution >= 0.6 is 0 Å². The lowest BCUT2D eigenvalue weighted by molar-refractivity contribution is 0.296. The van der Waals surface area contributed by atoms with Crippen LogP contribution in [0.25, 0.3) is 5.69 Å². The Morgan fingerprint density at radius 3 is 2.77 bits per heavy atom. The topological polar surface area (TPSA) is 63.5 Å². The summed E-state index contributed by atoms with van der Waals surface area (Å²) in [5, 5.41) is 6.53. The van der Waals surface area contributed by atoms with E-state index in [1.165, 1.54) is 18.9 Å². The second-order valence-corrected chi connectivity index (χ2v) is 7.40. The number of guanidine groups is 1. The van der Waals surface area contributed by atoms with Gasteiger partial charge in [0.1, 0.15) is 11.6 Å². The average molecular weight is 407 g/mol. The van der Waals surface area contributed by atoms with E-state index in [0.29, 0.717) is 30.7 Å². The summed E-state index contributed by atoms with van der Waals surface area (Å²) in [6, 6.07) is 13.2. The predicted octanol–water partition coefficient (Wildman–Crippen LogP) is 3.67. The Bertz CT molecular complexity index is 999. The number of nitrogens with one attached hydrogen (secondary N) is 2. The van der Waals surface area contributed by atoms with Crippen LogP contribution in [0.4, 0.5) is 4.39 Å². The second kappa shape index (κ2) is 9.43. The maximum Gasteiger partial charge on any atom is 0.191 e. The Hall–Kier alpha value is -3.35. The SMILES string of the molecule is CN=C(NCc1ccc(-n2ccnc2)c(F)c1)NCc1ccccc1OCC1CC1. The molecular formula is C23H26FN5O. The third-order valence-corrected chi connectivity index (χ3v) is 5.07. The fourth-order valence-corrected chi connectivity index (χ4v) is 3.14. The van der Waals surface area contributed by atoms with Crippen molar-refractivity contribution >= 4 is 5.96 Å². The molecule has 6 nitrogen and oxygen atoms in total. The molecule has 0 unspecified atom stereocenters. The third kappa shape index (κ3) is 5.17. The number of hydrogen-bond acceptors (Lipinski definition) is 3. The van der Waals surface area contributed by atoms with Crippen molar-refractivity contribution < 1.29 is 9.13 Å². The monoisotopic (exact) mass is 407 g/mol. The van der Waals surface area contributed by atoms with Gasteiger partial charge in [-0.1, -0.05) is 24.3 Å². The Labute approximate surface area is 175 Å². The minimum Gasteiger partial charge on any atom is -0.493 e. The van der Waals surface area contributed by atoms with Crippen LogP contribution in [0.5, 0.6) is 5.75 Å². The quantitative estimate of drug-likeness (QED) is 0.442. The van der Waals surface area contributed by atoms with Crippen LogP contribution in [-0.4, -0.2) is 29.2 Å². The minimum absolute atomic E-state index is 0.294. The first-order chi connectivity index (χ1) is 14.7. The number of hydrogen-bond donors (Lipinski definition) is 2. The lowest BCUT2D eigenvalue weighted by Crippen LogP contribution is -2.36. The second-order valence-electron chi connectivity index (χ2n) is 7.40. The van der Waals surface area contributed by atoms with Crippen LogP contribution in [0.3, 0.4) is 0 Å². The number of imidazole rings is 1. The van der Waals surface area contributed by atoms with Crippen molar-refractivity contribution in [2.75, 3.05) is 13.7 Å². The molecule has 7 heteroatoms. The molecule has 0 atom stereocenters. The van der Waals surface area contributed by atoms with E-state index < -0.39 is 0 Å². The van der Waals surface area contributed by atoms with Gasteiger partial charge in [0.05, 0.1) is 18.6 Å². The number of ether oxygens (including phenoxy) is 1. The summed E-state index contributed by atoms with van der Waals surface area (Å²) in [5.41, 5.74) is 2.38. The molecule has 2 N–H and O–H groups in total. The average Bonchev–Trinajstić information content (AvgIpc) is 3.44. The smallest absolute Gasteiger partial charge is 0.191 e. The fraction of sp³-hybridized carbons (Fsp3) is 0.304. The number of rotatable bonds is 8. The molecule has 0 amide bonds. The maximum absolute atomic E-state index is 14.4. The molecule has 0 bridgehead atoms. The van der Waals surface area contributed by atoms with Gasteiger partial charge in [0.25, 0.3) is 0 Å². The molecule has 4 rings (SSSR count). The molecule has 1 aromatic heterocycles. The van der Waals surface area contributed by atoms with E-state index in [2.05, 4.69) is 20.6 Å². The number of aromatic nitrogens is 2. The number of para-hydroxylation sites is 1. The molecule has 156 valence electrons. The molecule has 3 aromatic rings. The van der Waals surface area contributed by atoms with Crippen molar-refractivity contribution in [1.29, 1.82) is 0 Å². The summed E-state index contributed by atoms with van der Waals surface area (Å²) in [6.07, 6.45) is 7.45. The molecule has 1 saturated carbocycles. The third-order valence-electron chi connectivity index (χ3n) is 5.07. The van der Waals surface area contributed by atoms with E-state index in [0.717, 1.165) is 23.5 Å². The van der Waals surface area contributed by atoms with Crippen molar-refractivity contribution in [3.63, 3.8) is 0 Å². The fourth-order valence-electron chi connectivity index (χ4n) is 3.14. The number of halogens is 1. The Kier molecular flexibility index (Phi) is 6.27. The molecule has 2 aromatic carbocycles. The van der Waals surface area contributed by atoms with Crippen LogP contribution < -0.4 is 15.4 Å². The van der Waals surface area contributed by atoms with Crippen LogP contribution in [-0.2, 0) is 13.1 Å². The van der Waals surface area contributed by atoms with Crippen molar-refractivity contribution in [2.45, 2.75) is 25.9 Å². The van der Waals surface area contributed by atoms with Gasteiger partial charge in [-0.15, -0.1) is 0 Å². The first-order valence-electron chi connectivity index (χ1n) is 10.1. The summed E-state index contributed by atoms with van der Waals surface area (Å²) < 4.78 is 22.0. The number of nitrogens with zero attached hydrogens (tertiary/aromatic N) is 3. The van der Waals surface area contributed by atoms with Gasteiger partial charge in [-0.05, 0) is 42.5 Å². The van der Waals surface area contributed by atoms with E-state index >= 15 is 0 Å². The summed E-state index contributed by atoms with van der Waals surface area (Å²) >= 11 is 0. The zero-order valence-electron chi connectivity index (χ0n) is 17.0. The molecule has 0 spiro atoms. The van der Waals surface area contributed by atoms with Gasteiger partial charge >= 0.3 is 0 Å². The lowest BCUT2D eigenvalue weighted by atomic mass is 10.2. The summed E-state index contributed by atoms with van der Waals surface area (Å²) in [7, 11) is 1.72. The Morgan fingerprint density at radius 1 is 1.20 bits per heavy atom. The van der Waals surface area contributed by atoms with Crippen LogP contribution in [0.2, 0.25) is 0 Å². The minimum atomic E-state index is -0.294. The van der Waals surface area contributed by atoms with E-state index in [1.807, 2.05) is 30.3 Å². The van der Waals surface area contributed by atoms with Gasteiger partial charge < -0.3 is 19.9 Å². The number of benzene rings is 2. The van der Waals surface area contributed by atoms with E-state index in [4.69, 9.17) is 4.74 Å². The molecule has 0 radical (unpaired) electrons. The van der Waals surface area contributed by atoms with Gasteiger partial charge in [0.2, 0.25) is 0 Å². The molecular weight excluding hydrogens is 381 g/mol. The van der Waals surface area contributed by atoms with Gasteiger partial charge in [0.15, 0.2) is 5.96 Å². The first kappa shape index (κ1) is 19.9. The Balaban J connectivity index is 1.32. The zero-order valence-corrected chi connectivity index (χ0v) is 17.0. The van der Waals surface area contributed by atoms with Gasteiger partial charge in [-0.25, -0.2) is 9.37 Å². The molecule has 1 fully saturated rings. The standard InChI is InChI=1S/C23H26FN5O/c1-25-23(28-14-19-4-2-3-5-22(19)30-15-17-6-7-17)27-13-18-8-9-21(20(24)12-18)29-11-10-26-16-29/h2-5,8-12,16-17H,6-7,13-15H2,1H3,(H2,25,27,28). The zero-order chi connectivity index (χ0) is 20.8. The highest BCUT2D eigenvalue weighted by Gasteiger charge is 2.22. The first-order valence-corrected chi connectivity index (χ1v) is 10.1. The summed E-state index contributed by atoms with van der Waals surface area (Å²) in [5.74, 6) is 1.97. The van der Waals surface area contributed by atoms with Crippen LogP contribution in [0, 0.1) is 11.7 Å².